The lowest BCUT2D eigenvalue weighted by Crippen LogP contribution is -2.41. The van der Waals surface area contributed by atoms with Crippen LogP contribution >= 0.6 is 0 Å². The lowest BCUT2D eigenvalue weighted by molar-refractivity contribution is -0.134. The Bertz CT molecular complexity index is 237. The van der Waals surface area contributed by atoms with Crippen molar-refractivity contribution in [3.63, 3.8) is 0 Å². The van der Waals surface area contributed by atoms with Crippen LogP contribution in [0.2, 0.25) is 0 Å². The SMILES string of the molecule is CCCC(CCN)CCC(=O)N(CCO)C(CC)CC. The van der Waals surface area contributed by atoms with E-state index in [1.165, 1.54) is 0 Å². The maximum Gasteiger partial charge on any atom is 0.222 e. The maximum atomic E-state index is 12.4. The van der Waals surface area contributed by atoms with Gasteiger partial charge in [0.15, 0.2) is 0 Å². The molecular weight excluding hydrogens is 252 g/mol. The number of nitrogens with two attached hydrogens (primary N) is 1. The van der Waals surface area contributed by atoms with Crippen LogP contribution in [0.3, 0.4) is 0 Å². The Morgan fingerprint density at radius 3 is 2.25 bits per heavy atom. The zero-order valence-electron chi connectivity index (χ0n) is 13.6. The Hall–Kier alpha value is -0.610. The molecule has 0 aliphatic carbocycles. The molecule has 1 unspecified atom stereocenters. The van der Waals surface area contributed by atoms with Crippen molar-refractivity contribution in [3.05, 3.63) is 0 Å². The van der Waals surface area contributed by atoms with Gasteiger partial charge in [0.05, 0.1) is 6.61 Å². The summed E-state index contributed by atoms with van der Waals surface area (Å²) in [6.45, 7) is 7.57. The van der Waals surface area contributed by atoms with Gasteiger partial charge < -0.3 is 15.7 Å². The molecule has 20 heavy (non-hydrogen) atoms. The minimum atomic E-state index is 0.0451. The molecule has 0 spiro atoms. The normalized spacial score (nSPS) is 12.7. The highest BCUT2D eigenvalue weighted by atomic mass is 16.3. The Labute approximate surface area is 124 Å². The van der Waals surface area contributed by atoms with Gasteiger partial charge in [-0.1, -0.05) is 33.6 Å². The topological polar surface area (TPSA) is 66.6 Å². The van der Waals surface area contributed by atoms with Crippen molar-refractivity contribution in [3.8, 4) is 0 Å². The van der Waals surface area contributed by atoms with Crippen molar-refractivity contribution >= 4 is 5.91 Å². The summed E-state index contributed by atoms with van der Waals surface area (Å²) in [5.41, 5.74) is 5.64. The van der Waals surface area contributed by atoms with E-state index in [2.05, 4.69) is 20.8 Å². The van der Waals surface area contributed by atoms with Crippen LogP contribution in [-0.4, -0.2) is 41.7 Å². The zero-order chi connectivity index (χ0) is 15.4. The summed E-state index contributed by atoms with van der Waals surface area (Å²) in [5.74, 6) is 0.748. The summed E-state index contributed by atoms with van der Waals surface area (Å²) >= 11 is 0. The number of hydrogen-bond acceptors (Lipinski definition) is 3. The predicted octanol–water partition coefficient (Wildman–Crippen LogP) is 2.54. The van der Waals surface area contributed by atoms with E-state index in [0.717, 1.165) is 38.5 Å². The third-order valence-electron chi connectivity index (χ3n) is 4.08. The van der Waals surface area contributed by atoms with Crippen molar-refractivity contribution in [2.75, 3.05) is 19.7 Å². The minimum absolute atomic E-state index is 0.0451. The number of hydrogen-bond donors (Lipinski definition) is 2. The molecule has 0 aromatic rings. The fourth-order valence-corrected chi connectivity index (χ4v) is 2.90. The predicted molar refractivity (Wildman–Crippen MR) is 84.5 cm³/mol. The molecule has 0 saturated heterocycles. The van der Waals surface area contributed by atoms with Crippen molar-refractivity contribution in [1.82, 2.24) is 4.90 Å². The fraction of sp³-hybridized carbons (Fsp3) is 0.938. The van der Waals surface area contributed by atoms with Gasteiger partial charge in [-0.15, -0.1) is 0 Å². The summed E-state index contributed by atoms with van der Waals surface area (Å²) in [5, 5.41) is 9.16. The van der Waals surface area contributed by atoms with Crippen molar-refractivity contribution in [2.24, 2.45) is 11.7 Å². The highest BCUT2D eigenvalue weighted by molar-refractivity contribution is 5.76. The Kier molecular flexibility index (Phi) is 11.8. The molecule has 0 aromatic heterocycles. The summed E-state index contributed by atoms with van der Waals surface area (Å²) in [7, 11) is 0. The third-order valence-corrected chi connectivity index (χ3v) is 4.08. The maximum absolute atomic E-state index is 12.4. The number of aliphatic hydroxyl groups excluding tert-OH is 1. The smallest absolute Gasteiger partial charge is 0.222 e. The second kappa shape index (κ2) is 12.2. The number of carbonyl (C=O) groups excluding carboxylic acids is 1. The van der Waals surface area contributed by atoms with Gasteiger partial charge in [-0.3, -0.25) is 4.79 Å². The molecule has 3 N–H and O–H groups in total. The first kappa shape index (κ1) is 19.4. The lowest BCUT2D eigenvalue weighted by Gasteiger charge is -2.30. The van der Waals surface area contributed by atoms with Gasteiger partial charge in [0.1, 0.15) is 0 Å². The van der Waals surface area contributed by atoms with Gasteiger partial charge in [0.2, 0.25) is 5.91 Å². The molecule has 0 radical (unpaired) electrons. The zero-order valence-corrected chi connectivity index (χ0v) is 13.6. The van der Waals surface area contributed by atoms with Crippen LogP contribution in [0.5, 0.6) is 0 Å². The summed E-state index contributed by atoms with van der Waals surface area (Å²) in [4.78, 5) is 14.3. The first-order valence-corrected chi connectivity index (χ1v) is 8.24. The van der Waals surface area contributed by atoms with Crippen molar-refractivity contribution in [1.29, 1.82) is 0 Å². The van der Waals surface area contributed by atoms with E-state index >= 15 is 0 Å². The van der Waals surface area contributed by atoms with E-state index in [0.29, 0.717) is 25.4 Å². The standard InChI is InChI=1S/C16H34N2O2/c1-4-7-14(10-11-17)8-9-16(20)18(12-13-19)15(5-2)6-3/h14-15,19H,4-13,17H2,1-3H3. The molecule has 1 amide bonds. The van der Waals surface area contributed by atoms with Crippen LogP contribution in [-0.2, 0) is 4.79 Å². The largest absolute Gasteiger partial charge is 0.395 e. The Balaban J connectivity index is 4.43. The van der Waals surface area contributed by atoms with Crippen molar-refractivity contribution < 1.29 is 9.90 Å². The van der Waals surface area contributed by atoms with E-state index in [4.69, 9.17) is 10.8 Å². The fourth-order valence-electron chi connectivity index (χ4n) is 2.90. The number of aliphatic hydroxyl groups is 1. The average Bonchev–Trinajstić information content (AvgIpc) is 2.45. The molecule has 0 saturated carbocycles. The van der Waals surface area contributed by atoms with Gasteiger partial charge in [-0.25, -0.2) is 0 Å². The van der Waals surface area contributed by atoms with Crippen LogP contribution in [0.25, 0.3) is 0 Å². The number of nitrogens with zero attached hydrogens (tertiary/aromatic N) is 1. The van der Waals surface area contributed by atoms with E-state index in [9.17, 15) is 4.79 Å². The quantitative estimate of drug-likeness (QED) is 0.579. The highest BCUT2D eigenvalue weighted by Gasteiger charge is 2.21. The van der Waals surface area contributed by atoms with E-state index in [1.54, 1.807) is 0 Å². The summed E-state index contributed by atoms with van der Waals surface area (Å²) < 4.78 is 0. The van der Waals surface area contributed by atoms with Gasteiger partial charge in [0, 0.05) is 19.0 Å². The van der Waals surface area contributed by atoms with E-state index < -0.39 is 0 Å². The number of rotatable bonds is 12. The molecule has 0 aromatic carbocycles. The Morgan fingerprint density at radius 2 is 1.80 bits per heavy atom. The molecule has 0 aliphatic rings. The van der Waals surface area contributed by atoms with Crippen LogP contribution in [0.15, 0.2) is 0 Å². The molecule has 0 heterocycles. The van der Waals surface area contributed by atoms with Crippen LogP contribution < -0.4 is 5.73 Å². The van der Waals surface area contributed by atoms with Gasteiger partial charge in [-0.2, -0.15) is 0 Å². The summed E-state index contributed by atoms with van der Waals surface area (Å²) in [6, 6.07) is 0.258. The van der Waals surface area contributed by atoms with Gasteiger partial charge in [-0.05, 0) is 38.1 Å². The molecule has 4 heteroatoms. The minimum Gasteiger partial charge on any atom is -0.395 e. The Morgan fingerprint density at radius 1 is 1.15 bits per heavy atom. The van der Waals surface area contributed by atoms with E-state index in [-0.39, 0.29) is 18.6 Å². The van der Waals surface area contributed by atoms with Crippen LogP contribution in [0.1, 0.15) is 65.7 Å². The van der Waals surface area contributed by atoms with Crippen LogP contribution in [0.4, 0.5) is 0 Å². The third kappa shape index (κ3) is 7.25. The number of carbonyl (C=O) groups is 1. The molecule has 4 nitrogen and oxygen atoms in total. The average molecular weight is 286 g/mol. The number of amides is 1. The lowest BCUT2D eigenvalue weighted by atomic mass is 9.94. The van der Waals surface area contributed by atoms with Gasteiger partial charge in [0.25, 0.3) is 0 Å². The monoisotopic (exact) mass is 286 g/mol. The second-order valence-corrected chi connectivity index (χ2v) is 5.55. The molecule has 0 rings (SSSR count). The molecular formula is C16H34N2O2. The molecule has 120 valence electrons. The second-order valence-electron chi connectivity index (χ2n) is 5.55. The first-order valence-electron chi connectivity index (χ1n) is 8.24. The van der Waals surface area contributed by atoms with Crippen molar-refractivity contribution in [2.45, 2.75) is 71.8 Å². The molecule has 0 bridgehead atoms. The van der Waals surface area contributed by atoms with E-state index in [1.807, 2.05) is 4.90 Å². The molecule has 1 atom stereocenters. The van der Waals surface area contributed by atoms with Crippen LogP contribution in [0, 0.1) is 5.92 Å². The molecule has 0 aliphatic heterocycles. The van der Waals surface area contributed by atoms with Gasteiger partial charge >= 0.3 is 0 Å². The molecule has 0 fully saturated rings. The summed E-state index contributed by atoms with van der Waals surface area (Å²) in [6.07, 6.45) is 6.70. The highest BCUT2D eigenvalue weighted by Crippen LogP contribution is 2.19. The first-order chi connectivity index (χ1) is 9.64.